The molecule has 0 spiro atoms. The number of ether oxygens (including phenoxy) is 1. The van der Waals surface area contributed by atoms with Gasteiger partial charge in [-0.25, -0.2) is 13.6 Å². The minimum absolute atomic E-state index is 0.107. The molecule has 0 aliphatic heterocycles. The standard InChI is InChI=1S/C18H16F2N2O4/c1-22(10-16(23)21-15-8-6-14(20)7-9-15)17(24)11-26-18(25)12-2-4-13(19)5-3-12/h2-9H,10-11H2,1H3,(H,21,23). The summed E-state index contributed by atoms with van der Waals surface area (Å²) in [5.41, 5.74) is 0.496. The highest BCUT2D eigenvalue weighted by atomic mass is 19.1. The Morgan fingerprint density at radius 3 is 2.08 bits per heavy atom. The molecule has 0 bridgehead atoms. The van der Waals surface area contributed by atoms with E-state index in [2.05, 4.69) is 5.32 Å². The van der Waals surface area contributed by atoms with Gasteiger partial charge in [-0.3, -0.25) is 9.59 Å². The van der Waals surface area contributed by atoms with Crippen LogP contribution in [0.2, 0.25) is 0 Å². The predicted molar refractivity (Wildman–Crippen MR) is 89.3 cm³/mol. The molecule has 0 saturated heterocycles. The van der Waals surface area contributed by atoms with Gasteiger partial charge in [-0.15, -0.1) is 0 Å². The molecule has 26 heavy (non-hydrogen) atoms. The Bertz CT molecular complexity index is 792. The van der Waals surface area contributed by atoms with Crippen LogP contribution >= 0.6 is 0 Å². The van der Waals surface area contributed by atoms with Crippen LogP contribution in [0.5, 0.6) is 0 Å². The number of nitrogens with zero attached hydrogens (tertiary/aromatic N) is 1. The summed E-state index contributed by atoms with van der Waals surface area (Å²) in [4.78, 5) is 36.6. The topological polar surface area (TPSA) is 75.7 Å². The van der Waals surface area contributed by atoms with E-state index in [1.165, 1.54) is 43.4 Å². The average molecular weight is 362 g/mol. The van der Waals surface area contributed by atoms with Crippen LogP contribution < -0.4 is 5.32 Å². The Labute approximate surface area is 148 Å². The smallest absolute Gasteiger partial charge is 0.338 e. The lowest BCUT2D eigenvalue weighted by Crippen LogP contribution is -2.37. The fourth-order valence-electron chi connectivity index (χ4n) is 1.94. The summed E-state index contributed by atoms with van der Waals surface area (Å²) in [6.45, 7) is -0.832. The van der Waals surface area contributed by atoms with Crippen LogP contribution in [0, 0.1) is 11.6 Å². The molecule has 0 aromatic heterocycles. The number of halogens is 2. The van der Waals surface area contributed by atoms with Crippen molar-refractivity contribution in [1.82, 2.24) is 4.90 Å². The lowest BCUT2D eigenvalue weighted by atomic mass is 10.2. The molecule has 136 valence electrons. The van der Waals surface area contributed by atoms with Crippen LogP contribution in [-0.4, -0.2) is 42.9 Å². The Morgan fingerprint density at radius 1 is 0.962 bits per heavy atom. The van der Waals surface area contributed by atoms with E-state index in [1.807, 2.05) is 0 Å². The highest BCUT2D eigenvalue weighted by Gasteiger charge is 2.16. The molecule has 0 saturated carbocycles. The van der Waals surface area contributed by atoms with Gasteiger partial charge in [0.2, 0.25) is 5.91 Å². The minimum Gasteiger partial charge on any atom is -0.452 e. The summed E-state index contributed by atoms with van der Waals surface area (Å²) in [6, 6.07) is 9.84. The molecule has 2 amide bonds. The van der Waals surface area contributed by atoms with Gasteiger partial charge in [0.1, 0.15) is 11.6 Å². The van der Waals surface area contributed by atoms with Crippen LogP contribution in [0.1, 0.15) is 10.4 Å². The van der Waals surface area contributed by atoms with E-state index in [9.17, 15) is 23.2 Å². The SMILES string of the molecule is CN(CC(=O)Nc1ccc(F)cc1)C(=O)COC(=O)c1ccc(F)cc1. The molecule has 0 aliphatic rings. The first-order valence-electron chi connectivity index (χ1n) is 7.57. The van der Waals surface area contributed by atoms with Crippen LogP contribution in [-0.2, 0) is 14.3 Å². The molecule has 0 atom stereocenters. The Morgan fingerprint density at radius 2 is 1.50 bits per heavy atom. The van der Waals surface area contributed by atoms with Gasteiger partial charge in [-0.2, -0.15) is 0 Å². The second-order valence-corrected chi connectivity index (χ2v) is 5.39. The van der Waals surface area contributed by atoms with Crippen LogP contribution in [0.15, 0.2) is 48.5 Å². The number of carbonyl (C=O) groups excluding carboxylic acids is 3. The van der Waals surface area contributed by atoms with Gasteiger partial charge in [-0.05, 0) is 48.5 Å². The maximum atomic E-state index is 12.8. The number of nitrogens with one attached hydrogen (secondary N) is 1. The number of esters is 1. The van der Waals surface area contributed by atoms with E-state index in [0.717, 1.165) is 17.0 Å². The number of hydrogen-bond donors (Lipinski definition) is 1. The monoisotopic (exact) mass is 362 g/mol. The van der Waals surface area contributed by atoms with Gasteiger partial charge in [-0.1, -0.05) is 0 Å². The first-order valence-corrected chi connectivity index (χ1v) is 7.57. The van der Waals surface area contributed by atoms with Crippen molar-refractivity contribution in [1.29, 1.82) is 0 Å². The van der Waals surface area contributed by atoms with E-state index in [0.29, 0.717) is 5.69 Å². The van der Waals surface area contributed by atoms with Crippen molar-refractivity contribution >= 4 is 23.5 Å². The highest BCUT2D eigenvalue weighted by Crippen LogP contribution is 2.08. The average Bonchev–Trinajstić information content (AvgIpc) is 2.61. The largest absolute Gasteiger partial charge is 0.452 e. The molecule has 0 fully saturated rings. The van der Waals surface area contributed by atoms with E-state index < -0.39 is 36.0 Å². The molecular weight excluding hydrogens is 346 g/mol. The third-order valence-corrected chi connectivity index (χ3v) is 3.34. The number of benzene rings is 2. The Kier molecular flexibility index (Phi) is 6.37. The van der Waals surface area contributed by atoms with Gasteiger partial charge in [0.15, 0.2) is 6.61 Å². The summed E-state index contributed by atoms with van der Waals surface area (Å²) in [5, 5.41) is 2.51. The molecule has 0 aliphatic carbocycles. The molecule has 2 aromatic carbocycles. The van der Waals surface area contributed by atoms with Crippen LogP contribution in [0.25, 0.3) is 0 Å². The summed E-state index contributed by atoms with van der Waals surface area (Å²) in [5.74, 6) is -2.78. The summed E-state index contributed by atoms with van der Waals surface area (Å²) < 4.78 is 30.4. The number of carbonyl (C=O) groups is 3. The number of amides is 2. The van der Waals surface area contributed by atoms with Gasteiger partial charge in [0.05, 0.1) is 12.1 Å². The van der Waals surface area contributed by atoms with E-state index in [-0.39, 0.29) is 12.1 Å². The Hall–Kier alpha value is -3.29. The zero-order valence-corrected chi connectivity index (χ0v) is 13.9. The maximum Gasteiger partial charge on any atom is 0.338 e. The highest BCUT2D eigenvalue weighted by molar-refractivity contribution is 5.95. The molecule has 0 unspecified atom stereocenters. The molecule has 2 aromatic rings. The minimum atomic E-state index is -0.775. The van der Waals surface area contributed by atoms with Gasteiger partial charge in [0.25, 0.3) is 5.91 Å². The maximum absolute atomic E-state index is 12.8. The second kappa shape index (κ2) is 8.70. The first-order chi connectivity index (χ1) is 12.3. The van der Waals surface area contributed by atoms with Crippen molar-refractivity contribution < 1.29 is 27.9 Å². The lowest BCUT2D eigenvalue weighted by Gasteiger charge is -2.16. The van der Waals surface area contributed by atoms with Crippen molar-refractivity contribution in [2.24, 2.45) is 0 Å². The third kappa shape index (κ3) is 5.66. The fraction of sp³-hybridized carbons (Fsp3) is 0.167. The van der Waals surface area contributed by atoms with Crippen molar-refractivity contribution in [3.63, 3.8) is 0 Å². The first kappa shape index (κ1) is 19.0. The predicted octanol–water partition coefficient (Wildman–Crippen LogP) is 2.22. The molecule has 2 rings (SSSR count). The normalized spacial score (nSPS) is 10.1. The summed E-state index contributed by atoms with van der Waals surface area (Å²) in [6.07, 6.45) is 0. The third-order valence-electron chi connectivity index (χ3n) is 3.34. The number of hydrogen-bond acceptors (Lipinski definition) is 4. The fourth-order valence-corrected chi connectivity index (χ4v) is 1.94. The summed E-state index contributed by atoms with van der Waals surface area (Å²) in [7, 11) is 1.37. The summed E-state index contributed by atoms with van der Waals surface area (Å²) >= 11 is 0. The van der Waals surface area contributed by atoms with E-state index in [1.54, 1.807) is 0 Å². The lowest BCUT2D eigenvalue weighted by molar-refractivity contribution is -0.136. The number of likely N-dealkylation sites (N-methyl/N-ethyl adjacent to an activating group) is 1. The quantitative estimate of drug-likeness (QED) is 0.800. The van der Waals surface area contributed by atoms with Gasteiger partial charge >= 0.3 is 5.97 Å². The molecule has 1 N–H and O–H groups in total. The number of anilines is 1. The van der Waals surface area contributed by atoms with Crippen molar-refractivity contribution in [3.05, 3.63) is 65.7 Å². The van der Waals surface area contributed by atoms with E-state index in [4.69, 9.17) is 4.74 Å². The van der Waals surface area contributed by atoms with Crippen molar-refractivity contribution in [3.8, 4) is 0 Å². The zero-order chi connectivity index (χ0) is 19.1. The molecule has 8 heteroatoms. The van der Waals surface area contributed by atoms with Crippen LogP contribution in [0.4, 0.5) is 14.5 Å². The number of rotatable bonds is 6. The molecule has 0 heterocycles. The second-order valence-electron chi connectivity index (χ2n) is 5.39. The Balaban J connectivity index is 1.79. The molecule has 0 radical (unpaired) electrons. The molecule has 6 nitrogen and oxygen atoms in total. The van der Waals surface area contributed by atoms with Gasteiger partial charge < -0.3 is 15.0 Å². The zero-order valence-electron chi connectivity index (χ0n) is 13.9. The molecular formula is C18H16F2N2O4. The van der Waals surface area contributed by atoms with Crippen molar-refractivity contribution in [2.45, 2.75) is 0 Å². The van der Waals surface area contributed by atoms with Gasteiger partial charge in [0, 0.05) is 12.7 Å². The van der Waals surface area contributed by atoms with E-state index >= 15 is 0 Å². The van der Waals surface area contributed by atoms with Crippen molar-refractivity contribution in [2.75, 3.05) is 25.5 Å². The van der Waals surface area contributed by atoms with Crippen LogP contribution in [0.3, 0.4) is 0 Å².